The second kappa shape index (κ2) is 10.9. The Kier molecular flexibility index (Phi) is 7.65. The number of aromatic nitrogens is 2. The highest BCUT2D eigenvalue weighted by Crippen LogP contribution is 2.36. The maximum Gasteiger partial charge on any atom is 0.291 e. The van der Waals surface area contributed by atoms with Crippen LogP contribution < -0.4 is 15.4 Å². The lowest BCUT2D eigenvalue weighted by Crippen LogP contribution is -2.17. The van der Waals surface area contributed by atoms with Gasteiger partial charge in [-0.15, -0.1) is 0 Å². The molecule has 2 heterocycles. The Balaban J connectivity index is 1.38. The van der Waals surface area contributed by atoms with E-state index in [4.69, 9.17) is 44.0 Å². The van der Waals surface area contributed by atoms with Crippen LogP contribution in [0.2, 0.25) is 15.1 Å². The monoisotopic (exact) mass is 532 g/mol. The molecule has 0 radical (unpaired) electrons. The summed E-state index contributed by atoms with van der Waals surface area (Å²) >= 11 is 18.1. The quantitative estimate of drug-likeness (QED) is 0.268. The molecule has 0 fully saturated rings. The summed E-state index contributed by atoms with van der Waals surface area (Å²) in [4.78, 5) is 25.2. The molecule has 0 bridgehead atoms. The lowest BCUT2D eigenvalue weighted by atomic mass is 10.2. The lowest BCUT2D eigenvalue weighted by Gasteiger charge is -2.09. The molecule has 2 aromatic carbocycles. The first-order valence-corrected chi connectivity index (χ1v) is 11.6. The number of hydrogen-bond donors (Lipinski definition) is 2. The number of carbonyl (C=O) groups is 2. The Morgan fingerprint density at radius 1 is 0.971 bits per heavy atom. The molecular formula is C24H19Cl3N4O4. The van der Waals surface area contributed by atoms with Crippen molar-refractivity contribution < 1.29 is 18.7 Å². The molecule has 0 atom stereocenters. The summed E-state index contributed by atoms with van der Waals surface area (Å²) in [5.41, 5.74) is 1.43. The number of nitrogens with one attached hydrogen (secondary N) is 2. The molecule has 0 aliphatic heterocycles. The van der Waals surface area contributed by atoms with Gasteiger partial charge >= 0.3 is 0 Å². The van der Waals surface area contributed by atoms with E-state index in [2.05, 4.69) is 15.7 Å². The SMILES string of the molecule is CCn1nccc1C(=O)Nc1cccc(NC(=O)c2ccc(COc3c(Cl)cc(Cl)cc3Cl)o2)c1. The molecule has 180 valence electrons. The summed E-state index contributed by atoms with van der Waals surface area (Å²) in [6.07, 6.45) is 1.57. The average Bonchev–Trinajstić information content (AvgIpc) is 3.48. The van der Waals surface area contributed by atoms with Crippen molar-refractivity contribution in [2.24, 2.45) is 0 Å². The molecule has 11 heteroatoms. The maximum atomic E-state index is 12.6. The van der Waals surface area contributed by atoms with Crippen molar-refractivity contribution in [1.82, 2.24) is 9.78 Å². The number of rotatable bonds is 8. The van der Waals surface area contributed by atoms with Gasteiger partial charge in [-0.3, -0.25) is 14.3 Å². The minimum atomic E-state index is -0.466. The van der Waals surface area contributed by atoms with E-state index < -0.39 is 5.91 Å². The van der Waals surface area contributed by atoms with E-state index in [-0.39, 0.29) is 34.1 Å². The van der Waals surface area contributed by atoms with Crippen LogP contribution in [0.25, 0.3) is 0 Å². The van der Waals surface area contributed by atoms with Crippen molar-refractivity contribution in [1.29, 1.82) is 0 Å². The zero-order chi connectivity index (χ0) is 24.9. The number of furan rings is 1. The summed E-state index contributed by atoms with van der Waals surface area (Å²) in [6.45, 7) is 2.47. The third kappa shape index (κ3) is 5.97. The molecule has 4 aromatic rings. The van der Waals surface area contributed by atoms with Crippen LogP contribution in [0.15, 0.2) is 65.2 Å². The van der Waals surface area contributed by atoms with Crippen LogP contribution >= 0.6 is 34.8 Å². The molecule has 0 aliphatic rings. The smallest absolute Gasteiger partial charge is 0.291 e. The predicted octanol–water partition coefficient (Wildman–Crippen LogP) is 6.54. The van der Waals surface area contributed by atoms with Crippen molar-refractivity contribution >= 4 is 58.0 Å². The van der Waals surface area contributed by atoms with Crippen LogP contribution in [0, 0.1) is 0 Å². The molecule has 4 rings (SSSR count). The molecule has 2 N–H and O–H groups in total. The fourth-order valence-corrected chi connectivity index (χ4v) is 4.15. The number of carbonyl (C=O) groups excluding carboxylic acids is 2. The van der Waals surface area contributed by atoms with Gasteiger partial charge in [-0.1, -0.05) is 40.9 Å². The predicted molar refractivity (Wildman–Crippen MR) is 135 cm³/mol. The van der Waals surface area contributed by atoms with Gasteiger partial charge in [0.2, 0.25) is 0 Å². The van der Waals surface area contributed by atoms with E-state index in [1.54, 1.807) is 47.3 Å². The molecular weight excluding hydrogens is 515 g/mol. The number of ether oxygens (including phenoxy) is 1. The van der Waals surface area contributed by atoms with Gasteiger partial charge in [0.15, 0.2) is 11.5 Å². The summed E-state index contributed by atoms with van der Waals surface area (Å²) in [5.74, 6) is -0.0271. The first-order valence-electron chi connectivity index (χ1n) is 10.4. The number of aryl methyl sites for hydroxylation is 1. The van der Waals surface area contributed by atoms with E-state index in [1.807, 2.05) is 6.92 Å². The van der Waals surface area contributed by atoms with Crippen LogP contribution in [0.4, 0.5) is 11.4 Å². The largest absolute Gasteiger partial charge is 0.483 e. The van der Waals surface area contributed by atoms with Crippen LogP contribution in [0.3, 0.4) is 0 Å². The summed E-state index contributed by atoms with van der Waals surface area (Å²) in [7, 11) is 0. The van der Waals surface area contributed by atoms with Gasteiger partial charge in [-0.25, -0.2) is 0 Å². The minimum Gasteiger partial charge on any atom is -0.483 e. The van der Waals surface area contributed by atoms with E-state index in [1.165, 1.54) is 18.2 Å². The average molecular weight is 534 g/mol. The molecule has 0 spiro atoms. The van der Waals surface area contributed by atoms with Crippen molar-refractivity contribution in [3.63, 3.8) is 0 Å². The van der Waals surface area contributed by atoms with Crippen molar-refractivity contribution in [3.8, 4) is 5.75 Å². The van der Waals surface area contributed by atoms with Crippen LogP contribution in [-0.2, 0) is 13.2 Å². The lowest BCUT2D eigenvalue weighted by molar-refractivity contribution is 0.0990. The Bertz CT molecular complexity index is 1360. The Labute approximate surface area is 215 Å². The topological polar surface area (TPSA) is 98.4 Å². The fourth-order valence-electron chi connectivity index (χ4n) is 3.23. The van der Waals surface area contributed by atoms with Gasteiger partial charge in [0.05, 0.1) is 10.0 Å². The van der Waals surface area contributed by atoms with E-state index in [9.17, 15) is 9.59 Å². The third-order valence-electron chi connectivity index (χ3n) is 4.83. The fraction of sp³-hybridized carbons (Fsp3) is 0.125. The minimum absolute atomic E-state index is 0.00418. The van der Waals surface area contributed by atoms with Crippen LogP contribution in [0.5, 0.6) is 5.75 Å². The summed E-state index contributed by atoms with van der Waals surface area (Å²) < 4.78 is 12.8. The molecule has 2 amide bonds. The standard InChI is InChI=1S/C24H19Cl3N4O4/c1-2-31-20(8-9-28-31)23(32)29-15-4-3-5-16(12-15)30-24(33)21-7-6-17(35-21)13-34-22-18(26)10-14(25)11-19(22)27/h3-12H,2,13H2,1H3,(H,29,32)(H,30,33). The second-order valence-electron chi connectivity index (χ2n) is 7.27. The highest BCUT2D eigenvalue weighted by atomic mass is 35.5. The number of anilines is 2. The first kappa shape index (κ1) is 24.7. The summed E-state index contributed by atoms with van der Waals surface area (Å²) in [6, 6.07) is 14.6. The number of amides is 2. The first-order chi connectivity index (χ1) is 16.8. The highest BCUT2D eigenvalue weighted by molar-refractivity contribution is 6.40. The molecule has 35 heavy (non-hydrogen) atoms. The van der Waals surface area contributed by atoms with Gasteiger partial charge in [0, 0.05) is 29.1 Å². The highest BCUT2D eigenvalue weighted by Gasteiger charge is 2.15. The van der Waals surface area contributed by atoms with Crippen molar-refractivity contribution in [2.45, 2.75) is 20.1 Å². The maximum absolute atomic E-state index is 12.6. The zero-order valence-corrected chi connectivity index (χ0v) is 20.6. The number of benzene rings is 2. The Morgan fingerprint density at radius 2 is 1.66 bits per heavy atom. The summed E-state index contributed by atoms with van der Waals surface area (Å²) in [5, 5.41) is 10.5. The molecule has 0 unspecified atom stereocenters. The normalized spacial score (nSPS) is 10.7. The molecule has 0 saturated carbocycles. The van der Waals surface area contributed by atoms with E-state index in [0.29, 0.717) is 34.4 Å². The number of hydrogen-bond acceptors (Lipinski definition) is 5. The number of nitrogens with zero attached hydrogens (tertiary/aromatic N) is 2. The van der Waals surface area contributed by atoms with Gasteiger partial charge in [-0.2, -0.15) is 5.10 Å². The molecule has 0 aliphatic carbocycles. The molecule has 8 nitrogen and oxygen atoms in total. The van der Waals surface area contributed by atoms with Gasteiger partial charge < -0.3 is 19.8 Å². The third-order valence-corrected chi connectivity index (χ3v) is 5.61. The molecule has 2 aromatic heterocycles. The van der Waals surface area contributed by atoms with Crippen LogP contribution in [-0.4, -0.2) is 21.6 Å². The Hall–Kier alpha value is -3.46. The zero-order valence-electron chi connectivity index (χ0n) is 18.3. The van der Waals surface area contributed by atoms with Gasteiger partial charge in [0.1, 0.15) is 18.1 Å². The second-order valence-corrected chi connectivity index (χ2v) is 8.53. The Morgan fingerprint density at radius 3 is 2.34 bits per heavy atom. The molecule has 0 saturated heterocycles. The van der Waals surface area contributed by atoms with E-state index >= 15 is 0 Å². The van der Waals surface area contributed by atoms with Crippen LogP contribution in [0.1, 0.15) is 33.7 Å². The van der Waals surface area contributed by atoms with Crippen molar-refractivity contribution in [2.75, 3.05) is 10.6 Å². The van der Waals surface area contributed by atoms with E-state index in [0.717, 1.165) is 0 Å². The van der Waals surface area contributed by atoms with Gasteiger partial charge in [-0.05, 0) is 55.5 Å². The van der Waals surface area contributed by atoms with Gasteiger partial charge in [0.25, 0.3) is 11.8 Å². The number of halogens is 3. The van der Waals surface area contributed by atoms with Crippen molar-refractivity contribution in [3.05, 3.63) is 93.1 Å².